The number of phenols is 2. The Morgan fingerprint density at radius 2 is 1.69 bits per heavy atom. The number of aromatic hydroxyl groups is 2. The molecule has 2 aliphatic heterocycles. The fourth-order valence-corrected chi connectivity index (χ4v) is 6.70. The van der Waals surface area contributed by atoms with Crippen LogP contribution in [0.25, 0.3) is 11.1 Å². The van der Waals surface area contributed by atoms with Crippen LogP contribution in [0.15, 0.2) is 66.7 Å². The van der Waals surface area contributed by atoms with E-state index in [1.807, 2.05) is 30.0 Å². The van der Waals surface area contributed by atoms with Crippen molar-refractivity contribution in [1.82, 2.24) is 4.90 Å². The van der Waals surface area contributed by atoms with E-state index in [0.29, 0.717) is 17.3 Å². The van der Waals surface area contributed by atoms with Crippen LogP contribution in [-0.4, -0.2) is 58.3 Å². The molecule has 7 nitrogen and oxygen atoms in total. The van der Waals surface area contributed by atoms with Crippen molar-refractivity contribution in [3.05, 3.63) is 77.9 Å². The van der Waals surface area contributed by atoms with Gasteiger partial charge in [-0.3, -0.25) is 4.79 Å². The summed E-state index contributed by atoms with van der Waals surface area (Å²) in [5.74, 6) is 1.81. The van der Waals surface area contributed by atoms with E-state index in [-0.39, 0.29) is 24.0 Å². The molecule has 2 saturated heterocycles. The summed E-state index contributed by atoms with van der Waals surface area (Å²) >= 11 is 2.03. The number of benzene rings is 3. The van der Waals surface area contributed by atoms with Crippen molar-refractivity contribution in [1.29, 1.82) is 5.26 Å². The van der Waals surface area contributed by atoms with Crippen molar-refractivity contribution >= 4 is 23.4 Å². The zero-order chi connectivity index (χ0) is 27.2. The summed E-state index contributed by atoms with van der Waals surface area (Å²) in [4.78, 5) is 15.4. The van der Waals surface area contributed by atoms with Gasteiger partial charge in [-0.15, -0.1) is 0 Å². The number of nitriles is 1. The molecule has 0 bridgehead atoms. The van der Waals surface area contributed by atoms with Crippen LogP contribution < -0.4 is 5.32 Å². The van der Waals surface area contributed by atoms with Gasteiger partial charge in [0.2, 0.25) is 5.91 Å². The Morgan fingerprint density at radius 1 is 1.00 bits per heavy atom. The van der Waals surface area contributed by atoms with Crippen LogP contribution in [0.2, 0.25) is 0 Å². The van der Waals surface area contributed by atoms with Crippen LogP contribution in [0.1, 0.15) is 36.8 Å². The zero-order valence-corrected chi connectivity index (χ0v) is 22.6. The number of carbonyl (C=O) groups excluding carboxylic acids is 1. The number of phenolic OH excluding ortho intramolecular Hbond substituents is 2. The van der Waals surface area contributed by atoms with E-state index in [1.165, 1.54) is 42.5 Å². The van der Waals surface area contributed by atoms with Crippen LogP contribution in [0.4, 0.5) is 5.69 Å². The average Bonchev–Trinajstić information content (AvgIpc) is 2.96. The molecule has 0 unspecified atom stereocenters. The van der Waals surface area contributed by atoms with E-state index in [2.05, 4.69) is 40.6 Å². The summed E-state index contributed by atoms with van der Waals surface area (Å²) in [6.45, 7) is 1.66. The molecule has 0 atom stereocenters. The third kappa shape index (κ3) is 6.56. The standard InChI is InChI=1S/C31H33N3O4S/c32-20-22-2-1-3-24(16-22)23-4-6-25(7-5-23)31(10-12-34(13-11-31)27-8-14-39-15-9-27)38-21-30(37)33-26-17-28(35)19-29(36)18-26/h1-7,16-19,27,35-36H,8-15,21H2,(H,33,37). The number of likely N-dealkylation sites (tertiary alicyclic amines) is 1. The number of anilines is 1. The summed E-state index contributed by atoms with van der Waals surface area (Å²) < 4.78 is 6.46. The molecule has 0 saturated carbocycles. The summed E-state index contributed by atoms with van der Waals surface area (Å²) in [6, 6.07) is 22.6. The molecule has 3 N–H and O–H groups in total. The minimum atomic E-state index is -0.606. The third-order valence-corrected chi connectivity index (χ3v) is 8.76. The number of nitrogens with zero attached hydrogens (tertiary/aromatic N) is 2. The lowest BCUT2D eigenvalue weighted by Crippen LogP contribution is -2.49. The molecule has 0 radical (unpaired) electrons. The summed E-state index contributed by atoms with van der Waals surface area (Å²) in [7, 11) is 0. The molecule has 0 aliphatic carbocycles. The van der Waals surface area contributed by atoms with Crippen molar-refractivity contribution in [3.8, 4) is 28.7 Å². The molecular formula is C31H33N3O4S. The molecule has 2 aliphatic rings. The largest absolute Gasteiger partial charge is 0.508 e. The number of piperidine rings is 1. The van der Waals surface area contributed by atoms with Crippen LogP contribution in [0.5, 0.6) is 11.5 Å². The van der Waals surface area contributed by atoms with E-state index in [9.17, 15) is 20.3 Å². The molecule has 202 valence electrons. The Balaban J connectivity index is 1.33. The molecule has 2 heterocycles. The molecule has 5 rings (SSSR count). The second-order valence-electron chi connectivity index (χ2n) is 10.2. The lowest BCUT2D eigenvalue weighted by molar-refractivity contribution is -0.135. The van der Waals surface area contributed by atoms with Crippen LogP contribution in [0.3, 0.4) is 0 Å². The van der Waals surface area contributed by atoms with Gasteiger partial charge >= 0.3 is 0 Å². The first-order valence-corrected chi connectivity index (χ1v) is 14.5. The lowest BCUT2D eigenvalue weighted by Gasteiger charge is -2.45. The van der Waals surface area contributed by atoms with Crippen molar-refractivity contribution < 1.29 is 19.7 Å². The first-order chi connectivity index (χ1) is 18.9. The highest BCUT2D eigenvalue weighted by molar-refractivity contribution is 7.99. The second kappa shape index (κ2) is 12.1. The minimum absolute atomic E-state index is 0.128. The number of hydrogen-bond acceptors (Lipinski definition) is 7. The highest BCUT2D eigenvalue weighted by atomic mass is 32.2. The maximum absolute atomic E-state index is 12.8. The van der Waals surface area contributed by atoms with Gasteiger partial charge in [0.25, 0.3) is 0 Å². The van der Waals surface area contributed by atoms with Crippen molar-refractivity contribution in [3.63, 3.8) is 0 Å². The van der Waals surface area contributed by atoms with Gasteiger partial charge in [-0.05, 0) is 66.0 Å². The number of rotatable bonds is 7. The molecular weight excluding hydrogens is 510 g/mol. The minimum Gasteiger partial charge on any atom is -0.508 e. The van der Waals surface area contributed by atoms with Crippen molar-refractivity contribution in [2.75, 3.05) is 36.5 Å². The molecule has 8 heteroatoms. The summed E-state index contributed by atoms with van der Waals surface area (Å²) in [5.41, 5.74) is 3.36. The predicted octanol–water partition coefficient (Wildman–Crippen LogP) is 5.48. The van der Waals surface area contributed by atoms with Crippen LogP contribution >= 0.6 is 11.8 Å². The Labute approximate surface area is 233 Å². The van der Waals surface area contributed by atoms with E-state index < -0.39 is 5.60 Å². The molecule has 3 aromatic rings. The number of amides is 1. The second-order valence-corrected chi connectivity index (χ2v) is 11.4. The van der Waals surface area contributed by atoms with Gasteiger partial charge in [0.15, 0.2) is 0 Å². The fourth-order valence-electron chi connectivity index (χ4n) is 5.62. The van der Waals surface area contributed by atoms with Gasteiger partial charge in [-0.1, -0.05) is 36.4 Å². The Morgan fingerprint density at radius 3 is 2.36 bits per heavy atom. The summed E-state index contributed by atoms with van der Waals surface area (Å²) in [6.07, 6.45) is 3.99. The molecule has 3 aromatic carbocycles. The molecule has 2 fully saturated rings. The van der Waals surface area contributed by atoms with Gasteiger partial charge in [0.05, 0.1) is 17.2 Å². The van der Waals surface area contributed by atoms with Gasteiger partial charge < -0.3 is 25.2 Å². The number of thioether (sulfide) groups is 1. The molecule has 39 heavy (non-hydrogen) atoms. The first kappa shape index (κ1) is 27.1. The molecule has 0 aromatic heterocycles. The first-order valence-electron chi connectivity index (χ1n) is 13.3. The van der Waals surface area contributed by atoms with E-state index in [4.69, 9.17) is 4.74 Å². The predicted molar refractivity (Wildman–Crippen MR) is 154 cm³/mol. The van der Waals surface area contributed by atoms with E-state index in [0.717, 1.165) is 42.6 Å². The maximum Gasteiger partial charge on any atom is 0.250 e. The summed E-state index contributed by atoms with van der Waals surface area (Å²) in [5, 5.41) is 31.4. The third-order valence-electron chi connectivity index (χ3n) is 7.71. The van der Waals surface area contributed by atoms with Crippen molar-refractivity contribution in [2.24, 2.45) is 0 Å². The normalized spacial score (nSPS) is 17.8. The number of nitrogens with one attached hydrogen (secondary N) is 1. The highest BCUT2D eigenvalue weighted by Crippen LogP contribution is 2.39. The highest BCUT2D eigenvalue weighted by Gasteiger charge is 2.39. The maximum atomic E-state index is 12.8. The Hall–Kier alpha value is -3.51. The number of ether oxygens (including phenoxy) is 1. The quantitative estimate of drug-likeness (QED) is 0.362. The monoisotopic (exact) mass is 543 g/mol. The van der Waals surface area contributed by atoms with Gasteiger partial charge in [0, 0.05) is 43.0 Å². The molecule has 0 spiro atoms. The topological polar surface area (TPSA) is 106 Å². The Bertz CT molecular complexity index is 1320. The number of carbonyl (C=O) groups is 1. The lowest BCUT2D eigenvalue weighted by atomic mass is 9.82. The Kier molecular flexibility index (Phi) is 8.41. The van der Waals surface area contributed by atoms with Crippen LogP contribution in [0, 0.1) is 11.3 Å². The average molecular weight is 544 g/mol. The smallest absolute Gasteiger partial charge is 0.250 e. The van der Waals surface area contributed by atoms with Gasteiger partial charge in [0.1, 0.15) is 18.1 Å². The van der Waals surface area contributed by atoms with E-state index in [1.54, 1.807) is 6.07 Å². The van der Waals surface area contributed by atoms with Gasteiger partial charge in [-0.2, -0.15) is 17.0 Å². The SMILES string of the molecule is N#Cc1cccc(-c2ccc(C3(OCC(=O)Nc4cc(O)cc(O)c4)CCN(C4CCSCC4)CC3)cc2)c1. The van der Waals surface area contributed by atoms with Crippen LogP contribution in [-0.2, 0) is 15.1 Å². The fraction of sp³-hybridized carbons (Fsp3) is 0.355. The molecule has 1 amide bonds. The zero-order valence-electron chi connectivity index (χ0n) is 21.8. The van der Waals surface area contributed by atoms with E-state index >= 15 is 0 Å². The number of hydrogen-bond donors (Lipinski definition) is 3. The van der Waals surface area contributed by atoms with Gasteiger partial charge in [-0.25, -0.2) is 0 Å². The van der Waals surface area contributed by atoms with Crippen molar-refractivity contribution in [2.45, 2.75) is 37.3 Å².